The van der Waals surface area contributed by atoms with Gasteiger partial charge in [-0.3, -0.25) is 0 Å². The Labute approximate surface area is 385 Å². The molecule has 0 aromatic heterocycles. The van der Waals surface area contributed by atoms with E-state index in [0.29, 0.717) is 0 Å². The van der Waals surface area contributed by atoms with Crippen LogP contribution >= 0.6 is 12.6 Å². The highest BCUT2D eigenvalue weighted by Gasteiger charge is 2.43. The van der Waals surface area contributed by atoms with Crippen molar-refractivity contribution in [2.45, 2.75) is 142 Å². The van der Waals surface area contributed by atoms with Gasteiger partial charge in [0.15, 0.2) is 0 Å². The molecule has 4 heteroatoms. The summed E-state index contributed by atoms with van der Waals surface area (Å²) in [5.74, 6) is 2.58. The molecule has 1 aliphatic carbocycles. The molecule has 0 saturated heterocycles. The van der Waals surface area contributed by atoms with Gasteiger partial charge in [-0.15, -0.1) is 12.6 Å². The van der Waals surface area contributed by atoms with Crippen molar-refractivity contribution in [2.75, 3.05) is 9.80 Å². The number of nitrogens with zero attached hydrogens (tertiary/aromatic N) is 2. The fraction of sp³-hybridized carbons (Fsp3) is 0.356. The van der Waals surface area contributed by atoms with Gasteiger partial charge in [0, 0.05) is 44.5 Å². The van der Waals surface area contributed by atoms with Crippen LogP contribution in [-0.4, -0.2) is 6.71 Å². The van der Waals surface area contributed by atoms with Gasteiger partial charge in [-0.1, -0.05) is 157 Å². The van der Waals surface area contributed by atoms with Crippen LogP contribution in [0, 0.1) is 6.92 Å². The zero-order chi connectivity index (χ0) is 45.2. The van der Waals surface area contributed by atoms with Gasteiger partial charge in [0.05, 0.1) is 5.69 Å². The van der Waals surface area contributed by atoms with Gasteiger partial charge < -0.3 is 9.80 Å². The number of anilines is 5. The molecule has 63 heavy (non-hydrogen) atoms. The van der Waals surface area contributed by atoms with Gasteiger partial charge >= 0.3 is 0 Å². The Hall–Kier alpha value is -4.93. The predicted octanol–water partition coefficient (Wildman–Crippen LogP) is 15.3. The lowest BCUT2D eigenvalue weighted by molar-refractivity contribution is 0.332. The number of rotatable bonds is 4. The van der Waals surface area contributed by atoms with Crippen molar-refractivity contribution < 1.29 is 0 Å². The van der Waals surface area contributed by atoms with Crippen LogP contribution in [0.25, 0.3) is 16.8 Å². The van der Waals surface area contributed by atoms with Gasteiger partial charge in [-0.05, 0) is 151 Å². The van der Waals surface area contributed by atoms with E-state index in [1.165, 1.54) is 96.0 Å². The minimum absolute atomic E-state index is 0.00320. The first-order valence-electron chi connectivity index (χ1n) is 23.2. The fourth-order valence-electron chi connectivity index (χ4n) is 10.5. The van der Waals surface area contributed by atoms with Crippen molar-refractivity contribution in [1.29, 1.82) is 0 Å². The van der Waals surface area contributed by atoms with Gasteiger partial charge in [-0.25, -0.2) is 0 Å². The predicted molar refractivity (Wildman–Crippen MR) is 278 cm³/mol. The molecule has 0 fully saturated rings. The van der Waals surface area contributed by atoms with E-state index < -0.39 is 0 Å². The van der Waals surface area contributed by atoms with Crippen LogP contribution in [0.5, 0.6) is 0 Å². The first kappa shape index (κ1) is 43.3. The van der Waals surface area contributed by atoms with Crippen LogP contribution in [0.15, 0.2) is 126 Å². The molecule has 0 radical (unpaired) electrons. The molecular formula is C59H67BN2S. The van der Waals surface area contributed by atoms with Gasteiger partial charge in [0.25, 0.3) is 0 Å². The van der Waals surface area contributed by atoms with Crippen LogP contribution in [-0.2, 0) is 27.1 Å². The van der Waals surface area contributed by atoms with Crippen molar-refractivity contribution in [3.63, 3.8) is 0 Å². The second-order valence-corrected chi connectivity index (χ2v) is 23.8. The Morgan fingerprint density at radius 2 is 1.06 bits per heavy atom. The summed E-state index contributed by atoms with van der Waals surface area (Å²) in [5, 5.41) is 0. The van der Waals surface area contributed by atoms with E-state index in [1.54, 1.807) is 0 Å². The van der Waals surface area contributed by atoms with Crippen molar-refractivity contribution in [1.82, 2.24) is 0 Å². The van der Waals surface area contributed by atoms with E-state index in [2.05, 4.69) is 228 Å². The van der Waals surface area contributed by atoms with Crippen LogP contribution in [0.1, 0.15) is 142 Å². The molecule has 0 N–H and O–H groups in total. The van der Waals surface area contributed by atoms with E-state index >= 15 is 0 Å². The molecule has 9 rings (SSSR count). The largest absolute Gasteiger partial charge is 0.311 e. The zero-order valence-corrected chi connectivity index (χ0v) is 41.3. The number of hydrogen-bond acceptors (Lipinski definition) is 3. The van der Waals surface area contributed by atoms with E-state index in [0.717, 1.165) is 16.9 Å². The third kappa shape index (κ3) is 7.49. The van der Waals surface area contributed by atoms with Crippen molar-refractivity contribution in [3.8, 4) is 11.1 Å². The van der Waals surface area contributed by atoms with Crippen LogP contribution in [0.2, 0.25) is 0 Å². The highest BCUT2D eigenvalue weighted by Crippen LogP contribution is 2.52. The number of benzene rings is 6. The Balaban J connectivity index is 1.40. The molecule has 2 heterocycles. The normalized spacial score (nSPS) is 16.6. The van der Waals surface area contributed by atoms with Crippen LogP contribution in [0.4, 0.5) is 28.4 Å². The molecule has 3 aliphatic rings. The molecule has 6 aromatic carbocycles. The summed E-state index contributed by atoms with van der Waals surface area (Å²) in [6.07, 6.45) is 2.35. The minimum Gasteiger partial charge on any atom is -0.311 e. The topological polar surface area (TPSA) is 6.48 Å². The van der Waals surface area contributed by atoms with Crippen LogP contribution in [0.3, 0.4) is 0 Å². The maximum atomic E-state index is 5.29. The molecule has 0 bridgehead atoms. The van der Waals surface area contributed by atoms with Gasteiger partial charge in [0.1, 0.15) is 0 Å². The Kier molecular flexibility index (Phi) is 10.2. The van der Waals surface area contributed by atoms with Gasteiger partial charge in [0.2, 0.25) is 6.71 Å². The highest BCUT2D eigenvalue weighted by molar-refractivity contribution is 7.80. The zero-order valence-electron chi connectivity index (χ0n) is 40.4. The second kappa shape index (κ2) is 14.8. The first-order chi connectivity index (χ1) is 29.4. The average molecular weight is 847 g/mol. The molecular weight excluding hydrogens is 780 g/mol. The average Bonchev–Trinajstić information content (AvgIpc) is 3.21. The van der Waals surface area contributed by atoms with E-state index in [1.807, 2.05) is 0 Å². The number of aryl methyl sites for hydroxylation is 1. The monoisotopic (exact) mass is 847 g/mol. The maximum Gasteiger partial charge on any atom is 0.244 e. The summed E-state index contributed by atoms with van der Waals surface area (Å²) in [4.78, 5) is 6.18. The summed E-state index contributed by atoms with van der Waals surface area (Å²) in [6, 6.07) is 44.7. The lowest BCUT2D eigenvalue weighted by Crippen LogP contribution is -2.53. The molecule has 322 valence electrons. The van der Waals surface area contributed by atoms with E-state index in [-0.39, 0.29) is 33.8 Å². The quantitative estimate of drug-likeness (QED) is 0.139. The summed E-state index contributed by atoms with van der Waals surface area (Å²) < 4.78 is 0. The lowest BCUT2D eigenvalue weighted by Gasteiger charge is -2.45. The first-order valence-corrected chi connectivity index (χ1v) is 23.7. The minimum atomic E-state index is -0.0317. The summed E-state index contributed by atoms with van der Waals surface area (Å²) in [7, 11) is 0. The van der Waals surface area contributed by atoms with Crippen molar-refractivity contribution in [3.05, 3.63) is 160 Å². The number of hydrogen-bond donors (Lipinski definition) is 1. The van der Waals surface area contributed by atoms with Crippen molar-refractivity contribution >= 4 is 64.4 Å². The lowest BCUT2D eigenvalue weighted by atomic mass is 9.36. The van der Waals surface area contributed by atoms with Crippen molar-refractivity contribution in [2.24, 2.45) is 0 Å². The molecule has 0 amide bonds. The Morgan fingerprint density at radius 3 is 1.68 bits per heavy atom. The summed E-state index contributed by atoms with van der Waals surface area (Å²) in [6.45, 7) is 32.9. The fourth-order valence-corrected chi connectivity index (χ4v) is 10.7. The molecule has 2 aliphatic heterocycles. The van der Waals surface area contributed by atoms with E-state index in [9.17, 15) is 0 Å². The molecule has 6 aromatic rings. The standard InChI is InChI=1S/C59H67BN2S/c1-37-30-50-54-51(31-37)62(48-25-20-39(55(2,3)4)32-43(48)38-18-16-15-17-19-38)49-26-21-41(57(8,9)10)34-47(49)60(54)36-52(44-33-40(56(5,6)7)22-27-53(44)63)61(50)42-23-24-45-46(35-42)59(13,14)29-28-58(45,11)12/h15-27,30-36,63H,28-29H2,1-14H3. The number of thiol groups is 1. The van der Waals surface area contributed by atoms with E-state index in [4.69, 9.17) is 12.6 Å². The molecule has 0 spiro atoms. The molecule has 0 atom stereocenters. The second-order valence-electron chi connectivity index (χ2n) is 23.3. The highest BCUT2D eigenvalue weighted by atomic mass is 32.1. The third-order valence-corrected chi connectivity index (χ3v) is 14.9. The Morgan fingerprint density at radius 1 is 0.524 bits per heavy atom. The molecule has 0 unspecified atom stereocenters. The smallest absolute Gasteiger partial charge is 0.244 e. The Bertz CT molecular complexity index is 2820. The summed E-state index contributed by atoms with van der Waals surface area (Å²) >= 11 is 5.29. The molecule has 0 saturated carbocycles. The van der Waals surface area contributed by atoms with Crippen LogP contribution < -0.4 is 20.7 Å². The molecule has 2 nitrogen and oxygen atoms in total. The SMILES string of the molecule is Cc1cc2c3c(c1)N(c1ccc(C(C)(C)C)cc1-c1ccccc1)c1ccc(C(C)(C)C)cc1B3C=C(c1cc(C(C)(C)C)ccc1S)N2c1ccc2c(c1)C(C)(C)CCC2(C)C. The van der Waals surface area contributed by atoms with Gasteiger partial charge in [-0.2, -0.15) is 0 Å². The summed E-state index contributed by atoms with van der Waals surface area (Å²) in [5.41, 5.74) is 21.8. The third-order valence-electron chi connectivity index (χ3n) is 14.5. The number of fused-ring (bicyclic) bond motifs is 3. The maximum absolute atomic E-state index is 5.29.